The zero-order chi connectivity index (χ0) is 18.4. The number of carboxylic acid groups (broad SMARTS) is 1. The molecular formula is C17H21N3O5. The smallest absolute Gasteiger partial charge is 0.326 e. The van der Waals surface area contributed by atoms with Gasteiger partial charge in [0.05, 0.1) is 12.8 Å². The van der Waals surface area contributed by atoms with E-state index in [-0.39, 0.29) is 18.0 Å². The minimum Gasteiger partial charge on any atom is -0.495 e. The lowest BCUT2D eigenvalue weighted by Gasteiger charge is -2.19. The zero-order valence-electron chi connectivity index (χ0n) is 14.1. The first-order valence-electron chi connectivity index (χ1n) is 7.86. The van der Waals surface area contributed by atoms with E-state index in [9.17, 15) is 19.5 Å². The molecule has 0 aliphatic carbocycles. The molecule has 3 N–H and O–H groups in total. The highest BCUT2D eigenvalue weighted by atomic mass is 16.5. The average Bonchev–Trinajstić information content (AvgIpc) is 3.03. The Labute approximate surface area is 145 Å². The molecule has 1 heterocycles. The normalized spacial score (nSPS) is 15.1. The lowest BCUT2D eigenvalue weighted by Crippen LogP contribution is -2.40. The molecule has 1 atom stereocenters. The number of carboxylic acids is 1. The van der Waals surface area contributed by atoms with Gasteiger partial charge in [0.15, 0.2) is 0 Å². The topological polar surface area (TPSA) is 108 Å². The van der Waals surface area contributed by atoms with Crippen LogP contribution in [-0.4, -0.2) is 49.3 Å². The van der Waals surface area contributed by atoms with Gasteiger partial charge in [-0.25, -0.2) is 9.59 Å². The summed E-state index contributed by atoms with van der Waals surface area (Å²) in [5, 5.41) is 14.4. The van der Waals surface area contributed by atoms with E-state index in [4.69, 9.17) is 4.74 Å². The number of carbonyl (C=O) groups is 3. The molecule has 3 amide bonds. The van der Waals surface area contributed by atoms with E-state index in [0.717, 1.165) is 0 Å². The molecule has 1 aliphatic heterocycles. The second-order valence-corrected chi connectivity index (χ2v) is 5.44. The van der Waals surface area contributed by atoms with Gasteiger partial charge in [-0.2, -0.15) is 0 Å². The average molecular weight is 347 g/mol. The summed E-state index contributed by atoms with van der Waals surface area (Å²) in [4.78, 5) is 37.0. The second-order valence-electron chi connectivity index (χ2n) is 5.44. The van der Waals surface area contributed by atoms with Crippen molar-refractivity contribution in [1.82, 2.24) is 10.6 Å². The zero-order valence-corrected chi connectivity index (χ0v) is 14.1. The van der Waals surface area contributed by atoms with Gasteiger partial charge in [0, 0.05) is 18.7 Å². The van der Waals surface area contributed by atoms with E-state index >= 15 is 0 Å². The van der Waals surface area contributed by atoms with Gasteiger partial charge in [0.25, 0.3) is 5.91 Å². The summed E-state index contributed by atoms with van der Waals surface area (Å²) in [6, 6.07) is 3.34. The van der Waals surface area contributed by atoms with Crippen molar-refractivity contribution in [2.24, 2.45) is 0 Å². The van der Waals surface area contributed by atoms with Crippen LogP contribution < -0.4 is 20.3 Å². The number of nitrogens with one attached hydrogen (secondary N) is 2. The van der Waals surface area contributed by atoms with Gasteiger partial charge in [-0.1, -0.05) is 12.2 Å². The first-order chi connectivity index (χ1) is 12.0. The lowest BCUT2D eigenvalue weighted by molar-refractivity contribution is -0.139. The third-order valence-electron chi connectivity index (χ3n) is 3.80. The number of hydrogen-bond acceptors (Lipinski definition) is 4. The number of amides is 3. The largest absolute Gasteiger partial charge is 0.495 e. The molecule has 0 bridgehead atoms. The van der Waals surface area contributed by atoms with Crippen molar-refractivity contribution >= 4 is 23.6 Å². The van der Waals surface area contributed by atoms with Gasteiger partial charge >= 0.3 is 12.0 Å². The monoisotopic (exact) mass is 347 g/mol. The number of ether oxygens (including phenoxy) is 1. The molecule has 0 saturated carbocycles. The van der Waals surface area contributed by atoms with Crippen LogP contribution in [0.4, 0.5) is 10.5 Å². The molecule has 1 aromatic carbocycles. The molecule has 1 fully saturated rings. The Morgan fingerprint density at radius 3 is 2.80 bits per heavy atom. The van der Waals surface area contributed by atoms with Crippen LogP contribution in [0.25, 0.3) is 0 Å². The van der Waals surface area contributed by atoms with Crippen molar-refractivity contribution in [3.05, 3.63) is 35.9 Å². The van der Waals surface area contributed by atoms with Gasteiger partial charge in [-0.05, 0) is 31.5 Å². The van der Waals surface area contributed by atoms with Crippen LogP contribution in [0.3, 0.4) is 0 Å². The van der Waals surface area contributed by atoms with Crippen molar-refractivity contribution in [1.29, 1.82) is 0 Å². The Morgan fingerprint density at radius 2 is 2.24 bits per heavy atom. The Kier molecular flexibility index (Phi) is 5.99. The number of hydrogen-bond donors (Lipinski definition) is 3. The van der Waals surface area contributed by atoms with Gasteiger partial charge in [0.2, 0.25) is 0 Å². The maximum atomic E-state index is 12.4. The number of anilines is 1. The summed E-state index contributed by atoms with van der Waals surface area (Å²) in [6.07, 6.45) is 3.59. The summed E-state index contributed by atoms with van der Waals surface area (Å²) in [5.74, 6) is -1.18. The highest BCUT2D eigenvalue weighted by Crippen LogP contribution is 2.30. The molecule has 1 aliphatic rings. The van der Waals surface area contributed by atoms with E-state index in [1.165, 1.54) is 24.1 Å². The van der Waals surface area contributed by atoms with Crippen LogP contribution in [0.2, 0.25) is 0 Å². The summed E-state index contributed by atoms with van der Waals surface area (Å²) >= 11 is 0. The maximum absolute atomic E-state index is 12.4. The molecule has 2 rings (SSSR count). The highest BCUT2D eigenvalue weighted by molar-refractivity contribution is 6.00. The molecule has 8 heteroatoms. The third-order valence-corrected chi connectivity index (χ3v) is 3.80. The Balaban J connectivity index is 2.24. The number of carbonyl (C=O) groups excluding carboxylic acids is 2. The third kappa shape index (κ3) is 4.28. The molecule has 1 unspecified atom stereocenters. The summed E-state index contributed by atoms with van der Waals surface area (Å²) in [7, 11) is 1.48. The number of allylic oxidation sites excluding steroid dienone is 1. The molecule has 0 spiro atoms. The number of methoxy groups -OCH3 is 1. The highest BCUT2D eigenvalue weighted by Gasteiger charge is 2.26. The number of benzene rings is 1. The van der Waals surface area contributed by atoms with Crippen molar-refractivity contribution in [2.45, 2.75) is 19.4 Å². The lowest BCUT2D eigenvalue weighted by atomic mass is 10.1. The molecule has 1 aromatic rings. The summed E-state index contributed by atoms with van der Waals surface area (Å²) in [6.45, 7) is 2.74. The summed E-state index contributed by atoms with van der Waals surface area (Å²) < 4.78 is 5.26. The van der Waals surface area contributed by atoms with E-state index in [1.54, 1.807) is 25.1 Å². The first kappa shape index (κ1) is 18.3. The fourth-order valence-corrected chi connectivity index (χ4v) is 2.48. The molecule has 1 saturated heterocycles. The van der Waals surface area contributed by atoms with E-state index < -0.39 is 17.9 Å². The van der Waals surface area contributed by atoms with Crippen LogP contribution in [0.15, 0.2) is 30.4 Å². The Bertz CT molecular complexity index is 702. The number of rotatable bonds is 7. The van der Waals surface area contributed by atoms with Crippen LogP contribution in [0.5, 0.6) is 5.75 Å². The Morgan fingerprint density at radius 1 is 1.48 bits per heavy atom. The molecule has 134 valence electrons. The maximum Gasteiger partial charge on any atom is 0.326 e. The van der Waals surface area contributed by atoms with E-state index in [2.05, 4.69) is 10.6 Å². The molecule has 0 aromatic heterocycles. The van der Waals surface area contributed by atoms with Crippen molar-refractivity contribution in [2.75, 3.05) is 25.1 Å². The van der Waals surface area contributed by atoms with Gasteiger partial charge in [-0.15, -0.1) is 0 Å². The standard InChI is InChI=1S/C17H21N3O5/c1-3-4-5-12(16(22)23)19-15(21)11-6-7-14(25-2)13(10-11)20-9-8-18-17(20)24/h3-4,6-7,10,12H,5,8-9H2,1-2H3,(H,18,24)(H,19,21)(H,22,23)/b4-3+. The molecular weight excluding hydrogens is 326 g/mol. The van der Waals surface area contributed by atoms with Crippen LogP contribution >= 0.6 is 0 Å². The quantitative estimate of drug-likeness (QED) is 0.646. The van der Waals surface area contributed by atoms with Crippen molar-refractivity contribution in [3.8, 4) is 5.75 Å². The molecule has 8 nitrogen and oxygen atoms in total. The fourth-order valence-electron chi connectivity index (χ4n) is 2.48. The van der Waals surface area contributed by atoms with Crippen LogP contribution in [0.1, 0.15) is 23.7 Å². The predicted octanol–water partition coefficient (Wildman–Crippen LogP) is 1.37. The number of aliphatic carboxylic acids is 1. The number of nitrogens with zero attached hydrogens (tertiary/aromatic N) is 1. The molecule has 0 radical (unpaired) electrons. The predicted molar refractivity (Wildman–Crippen MR) is 92.1 cm³/mol. The number of urea groups is 1. The van der Waals surface area contributed by atoms with Gasteiger partial charge < -0.3 is 20.5 Å². The second kappa shape index (κ2) is 8.18. The minimum atomic E-state index is -1.11. The Hall–Kier alpha value is -3.03. The summed E-state index contributed by atoms with van der Waals surface area (Å²) in [5.41, 5.74) is 0.715. The fraction of sp³-hybridized carbons (Fsp3) is 0.353. The van der Waals surface area contributed by atoms with Gasteiger partial charge in [0.1, 0.15) is 11.8 Å². The van der Waals surface area contributed by atoms with Gasteiger partial charge in [-0.3, -0.25) is 9.69 Å². The van der Waals surface area contributed by atoms with Crippen LogP contribution in [-0.2, 0) is 4.79 Å². The SMILES string of the molecule is C/C=C/CC(NC(=O)c1ccc(OC)c(N2CCNC2=O)c1)C(=O)O. The van der Waals surface area contributed by atoms with Crippen LogP contribution in [0, 0.1) is 0 Å². The van der Waals surface area contributed by atoms with E-state index in [0.29, 0.717) is 24.5 Å². The molecule has 25 heavy (non-hydrogen) atoms. The van der Waals surface area contributed by atoms with Crippen molar-refractivity contribution in [3.63, 3.8) is 0 Å². The van der Waals surface area contributed by atoms with Crippen molar-refractivity contribution < 1.29 is 24.2 Å². The van der Waals surface area contributed by atoms with E-state index in [1.807, 2.05) is 0 Å². The minimum absolute atomic E-state index is 0.190. The first-order valence-corrected chi connectivity index (χ1v) is 7.86.